The molecule has 144 valence electrons. The standard InChI is InChI=1S/C20H24FN3O3/c21-13-9-14(11-15(10-13)23-7-3-4-8-23)22-18(25)12-24-19(26)16-5-1-2-6-17(16)20(24)27/h9-11,16-17H,1-8,12H2,(H,22,25). The molecule has 7 heteroatoms. The van der Waals surface area contributed by atoms with E-state index in [1.54, 1.807) is 6.07 Å². The summed E-state index contributed by atoms with van der Waals surface area (Å²) in [5.41, 5.74) is 1.08. The van der Waals surface area contributed by atoms with Crippen molar-refractivity contribution in [1.29, 1.82) is 0 Å². The van der Waals surface area contributed by atoms with Crippen molar-refractivity contribution in [3.05, 3.63) is 24.0 Å². The van der Waals surface area contributed by atoms with Crippen LogP contribution in [0.4, 0.5) is 15.8 Å². The highest BCUT2D eigenvalue weighted by Gasteiger charge is 2.48. The van der Waals surface area contributed by atoms with Crippen LogP contribution in [0.15, 0.2) is 18.2 Å². The van der Waals surface area contributed by atoms with Crippen LogP contribution in [-0.2, 0) is 14.4 Å². The Kier molecular flexibility index (Phi) is 4.85. The van der Waals surface area contributed by atoms with Gasteiger partial charge in [-0.25, -0.2) is 4.39 Å². The normalized spacial score (nSPS) is 25.1. The van der Waals surface area contributed by atoms with Crippen molar-refractivity contribution in [1.82, 2.24) is 4.90 Å². The van der Waals surface area contributed by atoms with E-state index in [0.717, 1.165) is 62.2 Å². The van der Waals surface area contributed by atoms with Gasteiger partial charge in [-0.15, -0.1) is 0 Å². The Hall–Kier alpha value is -2.44. The Morgan fingerprint density at radius 1 is 1.00 bits per heavy atom. The van der Waals surface area contributed by atoms with Gasteiger partial charge in [-0.3, -0.25) is 19.3 Å². The van der Waals surface area contributed by atoms with Crippen LogP contribution in [0.1, 0.15) is 38.5 Å². The van der Waals surface area contributed by atoms with Gasteiger partial charge in [0.05, 0.1) is 11.8 Å². The molecule has 0 aromatic heterocycles. The number of halogens is 1. The third kappa shape index (κ3) is 3.55. The molecule has 2 unspecified atom stereocenters. The number of amides is 3. The van der Waals surface area contributed by atoms with E-state index in [0.29, 0.717) is 5.69 Å². The number of carbonyl (C=O) groups is 3. The maximum atomic E-state index is 14.0. The van der Waals surface area contributed by atoms with Gasteiger partial charge < -0.3 is 10.2 Å². The molecule has 2 saturated heterocycles. The zero-order valence-electron chi connectivity index (χ0n) is 15.2. The summed E-state index contributed by atoms with van der Waals surface area (Å²) in [6.07, 6.45) is 5.47. The minimum Gasteiger partial charge on any atom is -0.371 e. The predicted molar refractivity (Wildman–Crippen MR) is 98.6 cm³/mol. The summed E-state index contributed by atoms with van der Waals surface area (Å²) in [4.78, 5) is 40.5. The van der Waals surface area contributed by atoms with Gasteiger partial charge in [-0.2, -0.15) is 0 Å². The highest BCUT2D eigenvalue weighted by Crippen LogP contribution is 2.37. The predicted octanol–water partition coefficient (Wildman–Crippen LogP) is 2.54. The Morgan fingerprint density at radius 3 is 2.26 bits per heavy atom. The van der Waals surface area contributed by atoms with Crippen LogP contribution in [0.25, 0.3) is 0 Å². The summed E-state index contributed by atoms with van der Waals surface area (Å²) >= 11 is 0. The van der Waals surface area contributed by atoms with Crippen molar-refractivity contribution in [2.24, 2.45) is 11.8 Å². The molecule has 3 amide bonds. The molecule has 6 nitrogen and oxygen atoms in total. The Bertz CT molecular complexity index is 752. The first-order valence-corrected chi connectivity index (χ1v) is 9.73. The fourth-order valence-electron chi connectivity index (χ4n) is 4.54. The molecule has 2 aliphatic heterocycles. The fraction of sp³-hybridized carbons (Fsp3) is 0.550. The number of imide groups is 1. The summed E-state index contributed by atoms with van der Waals surface area (Å²) in [5, 5.41) is 2.64. The molecular formula is C20H24FN3O3. The second-order valence-corrected chi connectivity index (χ2v) is 7.70. The van der Waals surface area contributed by atoms with Gasteiger partial charge >= 0.3 is 0 Å². The van der Waals surface area contributed by atoms with Crippen LogP contribution in [-0.4, -0.2) is 42.3 Å². The third-order valence-corrected chi connectivity index (χ3v) is 5.87. The average Bonchev–Trinajstić information content (AvgIpc) is 3.26. The number of nitrogens with one attached hydrogen (secondary N) is 1. The number of benzene rings is 1. The molecule has 1 aliphatic carbocycles. The number of likely N-dealkylation sites (tertiary alicyclic amines) is 1. The highest BCUT2D eigenvalue weighted by molar-refractivity contribution is 6.08. The van der Waals surface area contributed by atoms with E-state index in [2.05, 4.69) is 10.2 Å². The Morgan fingerprint density at radius 2 is 1.63 bits per heavy atom. The van der Waals surface area contributed by atoms with Crippen molar-refractivity contribution in [2.75, 3.05) is 29.9 Å². The fourth-order valence-corrected chi connectivity index (χ4v) is 4.54. The lowest BCUT2D eigenvalue weighted by Crippen LogP contribution is -2.38. The van der Waals surface area contributed by atoms with Gasteiger partial charge in [0.25, 0.3) is 0 Å². The van der Waals surface area contributed by atoms with Crippen molar-refractivity contribution in [2.45, 2.75) is 38.5 Å². The quantitative estimate of drug-likeness (QED) is 0.824. The van der Waals surface area contributed by atoms with Crippen LogP contribution >= 0.6 is 0 Å². The van der Waals surface area contributed by atoms with Crippen LogP contribution in [0.2, 0.25) is 0 Å². The van der Waals surface area contributed by atoms with Crippen LogP contribution in [0.5, 0.6) is 0 Å². The minimum absolute atomic E-state index is 0.239. The van der Waals surface area contributed by atoms with E-state index in [1.807, 2.05) is 0 Å². The summed E-state index contributed by atoms with van der Waals surface area (Å²) in [7, 11) is 0. The SMILES string of the molecule is O=C(CN1C(=O)C2CCCCC2C1=O)Nc1cc(F)cc(N2CCCC2)c1. The number of hydrogen-bond acceptors (Lipinski definition) is 4. The van der Waals surface area contributed by atoms with Crippen LogP contribution in [0.3, 0.4) is 0 Å². The van der Waals surface area contributed by atoms with Crippen molar-refractivity contribution in [3.63, 3.8) is 0 Å². The lowest BCUT2D eigenvalue weighted by molar-refractivity contribution is -0.142. The largest absolute Gasteiger partial charge is 0.371 e. The molecule has 2 heterocycles. The molecular weight excluding hydrogens is 349 g/mol. The number of rotatable bonds is 4. The van der Waals surface area contributed by atoms with Crippen molar-refractivity contribution in [3.8, 4) is 0 Å². The summed E-state index contributed by atoms with van der Waals surface area (Å²) < 4.78 is 14.0. The van der Waals surface area contributed by atoms with E-state index in [4.69, 9.17) is 0 Å². The van der Waals surface area contributed by atoms with Gasteiger partial charge in [-0.1, -0.05) is 12.8 Å². The monoisotopic (exact) mass is 373 g/mol. The zero-order valence-corrected chi connectivity index (χ0v) is 15.2. The lowest BCUT2D eigenvalue weighted by atomic mass is 9.81. The van der Waals surface area contributed by atoms with Crippen molar-refractivity contribution < 1.29 is 18.8 Å². The molecule has 4 rings (SSSR count). The molecule has 1 saturated carbocycles. The first-order chi connectivity index (χ1) is 13.0. The minimum atomic E-state index is -0.478. The zero-order chi connectivity index (χ0) is 19.0. The number of fused-ring (bicyclic) bond motifs is 1. The molecule has 2 atom stereocenters. The number of anilines is 2. The molecule has 3 fully saturated rings. The second-order valence-electron chi connectivity index (χ2n) is 7.70. The van der Waals surface area contributed by atoms with Crippen LogP contribution in [0, 0.1) is 17.7 Å². The van der Waals surface area contributed by atoms with E-state index in [9.17, 15) is 18.8 Å². The van der Waals surface area contributed by atoms with Gasteiger partial charge in [0, 0.05) is 24.5 Å². The molecule has 1 aromatic rings. The second kappa shape index (κ2) is 7.29. The lowest BCUT2D eigenvalue weighted by Gasteiger charge is -2.19. The summed E-state index contributed by atoms with van der Waals surface area (Å²) in [6.45, 7) is 1.44. The molecule has 0 spiro atoms. The smallest absolute Gasteiger partial charge is 0.244 e. The van der Waals surface area contributed by atoms with Gasteiger partial charge in [0.2, 0.25) is 17.7 Å². The van der Waals surface area contributed by atoms with E-state index >= 15 is 0 Å². The highest BCUT2D eigenvalue weighted by atomic mass is 19.1. The maximum absolute atomic E-state index is 14.0. The third-order valence-electron chi connectivity index (χ3n) is 5.87. The van der Waals surface area contributed by atoms with Crippen molar-refractivity contribution >= 4 is 29.1 Å². The maximum Gasteiger partial charge on any atom is 0.244 e. The molecule has 27 heavy (non-hydrogen) atoms. The summed E-state index contributed by atoms with van der Waals surface area (Å²) in [5.74, 6) is -1.92. The Balaban J connectivity index is 1.43. The topological polar surface area (TPSA) is 69.7 Å². The first-order valence-electron chi connectivity index (χ1n) is 9.73. The molecule has 0 bridgehead atoms. The molecule has 1 N–H and O–H groups in total. The van der Waals surface area contributed by atoms with E-state index in [-0.39, 0.29) is 30.2 Å². The van der Waals surface area contributed by atoms with Gasteiger partial charge in [0.1, 0.15) is 12.4 Å². The van der Waals surface area contributed by atoms with E-state index < -0.39 is 11.7 Å². The number of nitrogens with zero attached hydrogens (tertiary/aromatic N) is 2. The van der Waals surface area contributed by atoms with Crippen LogP contribution < -0.4 is 10.2 Å². The van der Waals surface area contributed by atoms with E-state index in [1.165, 1.54) is 12.1 Å². The Labute approximate surface area is 157 Å². The number of carbonyl (C=O) groups excluding carboxylic acids is 3. The first kappa shape index (κ1) is 17.9. The van der Waals surface area contributed by atoms with Gasteiger partial charge in [0.15, 0.2) is 0 Å². The number of hydrogen-bond donors (Lipinski definition) is 1. The van der Waals surface area contributed by atoms with Gasteiger partial charge in [-0.05, 0) is 43.9 Å². The summed E-state index contributed by atoms with van der Waals surface area (Å²) in [6, 6.07) is 4.45. The molecule has 1 aromatic carbocycles. The average molecular weight is 373 g/mol. The molecule has 3 aliphatic rings. The molecule has 0 radical (unpaired) electrons.